The minimum atomic E-state index is -0.525. The van der Waals surface area contributed by atoms with Gasteiger partial charge in [0.15, 0.2) is 0 Å². The van der Waals surface area contributed by atoms with Crippen LogP contribution in [0.1, 0.15) is 13.3 Å². The fourth-order valence-corrected chi connectivity index (χ4v) is 1.33. The molecule has 1 aromatic heterocycles. The molecule has 0 aliphatic carbocycles. The predicted octanol–water partition coefficient (Wildman–Crippen LogP) is 3.02. The van der Waals surface area contributed by atoms with Crippen LogP contribution in [0, 0.1) is 10.1 Å². The summed E-state index contributed by atoms with van der Waals surface area (Å²) >= 11 is 5.84. The van der Waals surface area contributed by atoms with E-state index in [-0.39, 0.29) is 10.7 Å². The van der Waals surface area contributed by atoms with Crippen LogP contribution in [0.3, 0.4) is 0 Å². The number of hydrogen-bond donors (Lipinski definition) is 1. The van der Waals surface area contributed by atoms with E-state index in [0.29, 0.717) is 12.4 Å². The standard InChI is InChI=1S/C10H12ClN3O2/c1-2-3-4-5-12-10-9(11)6-8(7-13-10)14(15)16/h2-3,6-7H,4-5H2,1H3,(H,12,13)/b3-2+. The fourth-order valence-electron chi connectivity index (χ4n) is 1.10. The quantitative estimate of drug-likeness (QED) is 0.372. The molecule has 86 valence electrons. The van der Waals surface area contributed by atoms with Crippen LogP contribution < -0.4 is 5.32 Å². The fraction of sp³-hybridized carbons (Fsp3) is 0.300. The molecule has 0 saturated heterocycles. The van der Waals surface area contributed by atoms with Gasteiger partial charge in [0.25, 0.3) is 5.69 Å². The zero-order chi connectivity index (χ0) is 12.0. The second kappa shape index (κ2) is 6.07. The zero-order valence-corrected chi connectivity index (χ0v) is 9.57. The highest BCUT2D eigenvalue weighted by Crippen LogP contribution is 2.23. The smallest absolute Gasteiger partial charge is 0.289 e. The van der Waals surface area contributed by atoms with E-state index in [2.05, 4.69) is 10.3 Å². The molecule has 0 fully saturated rings. The van der Waals surface area contributed by atoms with Crippen LogP contribution >= 0.6 is 11.6 Å². The first-order chi connectivity index (χ1) is 7.65. The van der Waals surface area contributed by atoms with E-state index < -0.39 is 4.92 Å². The number of pyridine rings is 1. The van der Waals surface area contributed by atoms with E-state index in [4.69, 9.17) is 11.6 Å². The molecule has 0 radical (unpaired) electrons. The number of aromatic nitrogens is 1. The molecule has 1 heterocycles. The highest BCUT2D eigenvalue weighted by Gasteiger charge is 2.09. The number of allylic oxidation sites excluding steroid dienone is 1. The number of anilines is 1. The number of halogens is 1. The van der Waals surface area contributed by atoms with E-state index in [1.165, 1.54) is 12.3 Å². The first-order valence-corrected chi connectivity index (χ1v) is 5.18. The van der Waals surface area contributed by atoms with Crippen LogP contribution in [0.15, 0.2) is 24.4 Å². The summed E-state index contributed by atoms with van der Waals surface area (Å²) in [7, 11) is 0. The second-order valence-corrected chi connectivity index (χ2v) is 3.47. The van der Waals surface area contributed by atoms with Gasteiger partial charge in [0.2, 0.25) is 0 Å². The molecule has 6 heteroatoms. The van der Waals surface area contributed by atoms with E-state index in [9.17, 15) is 10.1 Å². The third-order valence-corrected chi connectivity index (χ3v) is 2.16. The molecule has 0 spiro atoms. The van der Waals surface area contributed by atoms with Gasteiger partial charge in [-0.2, -0.15) is 0 Å². The second-order valence-electron chi connectivity index (χ2n) is 3.07. The lowest BCUT2D eigenvalue weighted by molar-refractivity contribution is -0.385. The first-order valence-electron chi connectivity index (χ1n) is 4.80. The number of rotatable bonds is 5. The van der Waals surface area contributed by atoms with Gasteiger partial charge in [-0.05, 0) is 13.3 Å². The summed E-state index contributed by atoms with van der Waals surface area (Å²) in [5.74, 6) is 0.469. The number of nitrogens with one attached hydrogen (secondary N) is 1. The molecule has 16 heavy (non-hydrogen) atoms. The molecule has 0 unspecified atom stereocenters. The zero-order valence-electron chi connectivity index (χ0n) is 8.81. The molecule has 0 aliphatic rings. The molecule has 1 rings (SSSR count). The summed E-state index contributed by atoms with van der Waals surface area (Å²) < 4.78 is 0. The average Bonchev–Trinajstić information content (AvgIpc) is 2.26. The van der Waals surface area contributed by atoms with Gasteiger partial charge in [-0.3, -0.25) is 10.1 Å². The number of nitrogens with zero attached hydrogens (tertiary/aromatic N) is 2. The van der Waals surface area contributed by atoms with Gasteiger partial charge in [0.1, 0.15) is 12.0 Å². The van der Waals surface area contributed by atoms with Crippen LogP contribution in [-0.2, 0) is 0 Å². The topological polar surface area (TPSA) is 68.1 Å². The monoisotopic (exact) mass is 241 g/mol. The van der Waals surface area contributed by atoms with Crippen LogP contribution in [0.2, 0.25) is 5.02 Å². The Morgan fingerprint density at radius 2 is 2.44 bits per heavy atom. The minimum Gasteiger partial charge on any atom is -0.369 e. The molecule has 0 atom stereocenters. The highest BCUT2D eigenvalue weighted by atomic mass is 35.5. The molecule has 0 aliphatic heterocycles. The Hall–Kier alpha value is -1.62. The maximum absolute atomic E-state index is 10.4. The van der Waals surface area contributed by atoms with Crippen LogP contribution in [-0.4, -0.2) is 16.5 Å². The van der Waals surface area contributed by atoms with Crippen LogP contribution in [0.25, 0.3) is 0 Å². The number of nitro groups is 1. The van der Waals surface area contributed by atoms with E-state index in [0.717, 1.165) is 6.42 Å². The minimum absolute atomic E-state index is 0.107. The van der Waals surface area contributed by atoms with Crippen molar-refractivity contribution in [1.29, 1.82) is 0 Å². The summed E-state index contributed by atoms with van der Waals surface area (Å²) in [4.78, 5) is 13.8. The maximum atomic E-state index is 10.4. The largest absolute Gasteiger partial charge is 0.369 e. The summed E-state index contributed by atoms with van der Waals surface area (Å²) in [6, 6.07) is 1.28. The van der Waals surface area contributed by atoms with Gasteiger partial charge >= 0.3 is 0 Å². The van der Waals surface area contributed by atoms with Crippen molar-refractivity contribution in [3.05, 3.63) is 39.6 Å². The van der Waals surface area contributed by atoms with Crippen molar-refractivity contribution in [2.45, 2.75) is 13.3 Å². The molecular formula is C10H12ClN3O2. The van der Waals surface area contributed by atoms with Crippen molar-refractivity contribution >= 4 is 23.1 Å². The molecule has 0 bridgehead atoms. The summed E-state index contributed by atoms with van der Waals surface area (Å²) in [5.41, 5.74) is -0.107. The van der Waals surface area contributed by atoms with Crippen LogP contribution in [0.4, 0.5) is 11.5 Å². The Morgan fingerprint density at radius 3 is 3.00 bits per heavy atom. The predicted molar refractivity (Wildman–Crippen MR) is 63.8 cm³/mol. The van der Waals surface area contributed by atoms with Gasteiger partial charge in [-0.15, -0.1) is 0 Å². The molecule has 0 saturated carbocycles. The third-order valence-electron chi connectivity index (χ3n) is 1.88. The van der Waals surface area contributed by atoms with Gasteiger partial charge in [0.05, 0.1) is 9.95 Å². The summed E-state index contributed by atoms with van der Waals surface area (Å²) in [6.07, 6.45) is 5.99. The molecule has 5 nitrogen and oxygen atoms in total. The SMILES string of the molecule is C/C=C/CCNc1ncc([N+](=O)[O-])cc1Cl. The van der Waals surface area contributed by atoms with Gasteiger partial charge in [-0.1, -0.05) is 23.8 Å². The van der Waals surface area contributed by atoms with Crippen molar-refractivity contribution in [1.82, 2.24) is 4.98 Å². The number of hydrogen-bond acceptors (Lipinski definition) is 4. The Morgan fingerprint density at radius 1 is 1.69 bits per heavy atom. The maximum Gasteiger partial charge on any atom is 0.289 e. The van der Waals surface area contributed by atoms with E-state index in [1.807, 2.05) is 19.1 Å². The lowest BCUT2D eigenvalue weighted by atomic mass is 10.3. The van der Waals surface area contributed by atoms with Gasteiger partial charge < -0.3 is 5.32 Å². The first kappa shape index (κ1) is 12.4. The molecule has 1 aromatic rings. The summed E-state index contributed by atoms with van der Waals surface area (Å²) in [5, 5.41) is 13.7. The van der Waals surface area contributed by atoms with Crippen molar-refractivity contribution in [2.75, 3.05) is 11.9 Å². The third kappa shape index (κ3) is 3.51. The summed E-state index contributed by atoms with van der Waals surface area (Å²) in [6.45, 7) is 2.63. The Labute approximate surface area is 98.3 Å². The lowest BCUT2D eigenvalue weighted by Crippen LogP contribution is -2.03. The van der Waals surface area contributed by atoms with Gasteiger partial charge in [-0.25, -0.2) is 4.98 Å². The average molecular weight is 242 g/mol. The van der Waals surface area contributed by atoms with E-state index >= 15 is 0 Å². The van der Waals surface area contributed by atoms with E-state index in [1.54, 1.807) is 0 Å². The van der Waals surface area contributed by atoms with Crippen molar-refractivity contribution in [3.63, 3.8) is 0 Å². The van der Waals surface area contributed by atoms with Crippen LogP contribution in [0.5, 0.6) is 0 Å². The normalized spacial score (nSPS) is 10.6. The van der Waals surface area contributed by atoms with Crippen molar-refractivity contribution in [3.8, 4) is 0 Å². The Balaban J connectivity index is 2.64. The molecular weight excluding hydrogens is 230 g/mol. The van der Waals surface area contributed by atoms with Gasteiger partial charge in [0, 0.05) is 12.6 Å². The molecule has 0 amide bonds. The molecule has 1 N–H and O–H groups in total. The molecule has 0 aromatic carbocycles. The van der Waals surface area contributed by atoms with Crippen molar-refractivity contribution < 1.29 is 4.92 Å². The Kier molecular flexibility index (Phi) is 4.72. The highest BCUT2D eigenvalue weighted by molar-refractivity contribution is 6.33. The Bertz CT molecular complexity index is 407. The van der Waals surface area contributed by atoms with Crippen molar-refractivity contribution in [2.24, 2.45) is 0 Å². The lowest BCUT2D eigenvalue weighted by Gasteiger charge is -2.04.